The lowest BCUT2D eigenvalue weighted by Gasteiger charge is -2.38. The molecule has 2 aromatic rings. The molecule has 116 valence electrons. The summed E-state index contributed by atoms with van der Waals surface area (Å²) in [7, 11) is 0. The summed E-state index contributed by atoms with van der Waals surface area (Å²) >= 11 is 5.81. The van der Waals surface area contributed by atoms with Crippen molar-refractivity contribution in [1.29, 1.82) is 0 Å². The predicted octanol–water partition coefficient (Wildman–Crippen LogP) is 3.43. The minimum absolute atomic E-state index is 0.0525. The molecule has 0 aromatic carbocycles. The fourth-order valence-corrected chi connectivity index (χ4v) is 2.91. The van der Waals surface area contributed by atoms with E-state index < -0.39 is 10.5 Å². The molecule has 0 atom stereocenters. The molecule has 1 aliphatic carbocycles. The maximum absolute atomic E-state index is 11.0. The molecule has 2 heterocycles. The summed E-state index contributed by atoms with van der Waals surface area (Å²) < 4.78 is 0. The van der Waals surface area contributed by atoms with Gasteiger partial charge in [-0.05, 0) is 12.1 Å². The van der Waals surface area contributed by atoms with Gasteiger partial charge in [0.05, 0.1) is 17.8 Å². The third kappa shape index (κ3) is 2.81. The first kappa shape index (κ1) is 15.2. The summed E-state index contributed by atoms with van der Waals surface area (Å²) in [5, 5.41) is 14.3. The monoisotopic (exact) mass is 329 g/mol. The Bertz CT molecular complexity index is 784. The van der Waals surface area contributed by atoms with Gasteiger partial charge in [0.1, 0.15) is 22.7 Å². The van der Waals surface area contributed by atoms with Crippen molar-refractivity contribution in [2.45, 2.75) is 24.4 Å². The molecule has 1 aliphatic rings. The first-order valence-electron chi connectivity index (χ1n) is 6.91. The number of aromatic nitrogens is 2. The summed E-state index contributed by atoms with van der Waals surface area (Å²) in [6, 6.07) is 6.86. The van der Waals surface area contributed by atoms with Crippen molar-refractivity contribution in [1.82, 2.24) is 9.97 Å². The van der Waals surface area contributed by atoms with Crippen molar-refractivity contribution in [3.8, 4) is 0 Å². The molecule has 1 saturated carbocycles. The van der Waals surface area contributed by atoms with E-state index in [1.807, 2.05) is 12.1 Å². The molecule has 23 heavy (non-hydrogen) atoms. The van der Waals surface area contributed by atoms with E-state index >= 15 is 0 Å². The lowest BCUT2D eigenvalue weighted by Crippen LogP contribution is -2.46. The van der Waals surface area contributed by atoms with Crippen LogP contribution in [0.2, 0.25) is 5.15 Å². The van der Waals surface area contributed by atoms with E-state index in [1.165, 1.54) is 6.07 Å². The number of anilines is 1. The van der Waals surface area contributed by atoms with Crippen LogP contribution in [-0.2, 0) is 5.54 Å². The van der Waals surface area contributed by atoms with Crippen LogP contribution in [0.3, 0.4) is 0 Å². The molecule has 0 spiro atoms. The molecule has 0 saturated heterocycles. The Balaban J connectivity index is 1.77. The largest absolute Gasteiger partial charge is 0.376 e. The molecule has 1 fully saturated rings. The fourth-order valence-electron chi connectivity index (χ4n) is 2.76. The highest BCUT2D eigenvalue weighted by Gasteiger charge is 2.53. The van der Waals surface area contributed by atoms with Gasteiger partial charge >= 0.3 is 5.69 Å². The van der Waals surface area contributed by atoms with E-state index in [0.717, 1.165) is 11.9 Å². The van der Waals surface area contributed by atoms with Crippen molar-refractivity contribution in [2.75, 3.05) is 5.32 Å². The molecule has 0 aliphatic heterocycles. The van der Waals surface area contributed by atoms with Crippen LogP contribution in [0, 0.1) is 16.7 Å². The number of rotatable bonds is 4. The Morgan fingerprint density at radius 1 is 1.43 bits per heavy atom. The molecular formula is C15H12ClN5O2. The Morgan fingerprint density at radius 2 is 2.22 bits per heavy atom. The average Bonchev–Trinajstić information content (AvgIpc) is 2.51. The van der Waals surface area contributed by atoms with Crippen LogP contribution in [0.25, 0.3) is 4.85 Å². The first-order chi connectivity index (χ1) is 11.0. The van der Waals surface area contributed by atoms with E-state index in [1.54, 1.807) is 12.3 Å². The zero-order valence-corrected chi connectivity index (χ0v) is 12.7. The van der Waals surface area contributed by atoms with E-state index in [9.17, 15) is 10.1 Å². The van der Waals surface area contributed by atoms with Crippen LogP contribution in [0.15, 0.2) is 36.7 Å². The number of nitrogens with one attached hydrogen (secondary N) is 1. The maximum Gasteiger partial charge on any atom is 0.310 e. The van der Waals surface area contributed by atoms with Crippen LogP contribution < -0.4 is 5.32 Å². The second-order valence-corrected chi connectivity index (χ2v) is 5.78. The minimum Gasteiger partial charge on any atom is -0.376 e. The lowest BCUT2D eigenvalue weighted by atomic mass is 9.70. The van der Waals surface area contributed by atoms with Gasteiger partial charge in [-0.15, -0.1) is 0 Å². The Hall–Kier alpha value is -2.72. The van der Waals surface area contributed by atoms with Crippen molar-refractivity contribution in [3.05, 3.63) is 69.0 Å². The highest BCUT2D eigenvalue weighted by atomic mass is 35.5. The fraction of sp³-hybridized carbons (Fsp3) is 0.267. The number of nitro groups is 1. The average molecular weight is 330 g/mol. The van der Waals surface area contributed by atoms with Gasteiger partial charge in [-0.2, -0.15) is 0 Å². The number of hydrogen-bond donors (Lipinski definition) is 1. The maximum atomic E-state index is 11.0. The van der Waals surface area contributed by atoms with Crippen LogP contribution in [0.5, 0.6) is 0 Å². The highest BCUT2D eigenvalue weighted by Crippen LogP contribution is 2.46. The van der Waals surface area contributed by atoms with Gasteiger partial charge < -0.3 is 10.2 Å². The third-order valence-electron chi connectivity index (χ3n) is 3.93. The second-order valence-electron chi connectivity index (χ2n) is 5.39. The molecule has 8 heteroatoms. The van der Waals surface area contributed by atoms with Gasteiger partial charge in [-0.3, -0.25) is 15.1 Å². The van der Waals surface area contributed by atoms with Gasteiger partial charge in [0.2, 0.25) is 0 Å². The van der Waals surface area contributed by atoms with Gasteiger partial charge in [0.25, 0.3) is 5.54 Å². The molecule has 3 rings (SSSR count). The standard InChI is InChI=1S/C15H12ClN5O2/c1-17-15(13-4-2-3-5-18-13)7-10(8-15)20-11-6-14(16)19-9-12(11)21(22)23/h2-6,9-10H,7-8H2,(H,19,20). The number of pyridine rings is 2. The van der Waals surface area contributed by atoms with Gasteiger partial charge in [-0.1, -0.05) is 17.7 Å². The highest BCUT2D eigenvalue weighted by molar-refractivity contribution is 6.29. The molecular weight excluding hydrogens is 318 g/mol. The van der Waals surface area contributed by atoms with Crippen LogP contribution in [-0.4, -0.2) is 20.9 Å². The molecule has 1 N–H and O–H groups in total. The third-order valence-corrected chi connectivity index (χ3v) is 4.14. The van der Waals surface area contributed by atoms with Crippen LogP contribution in [0.1, 0.15) is 18.5 Å². The predicted molar refractivity (Wildman–Crippen MR) is 85.1 cm³/mol. The molecule has 2 aromatic heterocycles. The summed E-state index contributed by atoms with van der Waals surface area (Å²) in [6.07, 6.45) is 3.86. The summed E-state index contributed by atoms with van der Waals surface area (Å²) in [6.45, 7) is 7.48. The summed E-state index contributed by atoms with van der Waals surface area (Å²) in [5.74, 6) is 0. The van der Waals surface area contributed by atoms with Crippen LogP contribution in [0.4, 0.5) is 11.4 Å². The lowest BCUT2D eigenvalue weighted by molar-refractivity contribution is -0.384. The molecule has 0 amide bonds. The smallest absolute Gasteiger partial charge is 0.310 e. The zero-order chi connectivity index (χ0) is 16.4. The molecule has 7 nitrogen and oxygen atoms in total. The van der Waals surface area contributed by atoms with E-state index in [4.69, 9.17) is 18.2 Å². The van der Waals surface area contributed by atoms with E-state index in [0.29, 0.717) is 18.5 Å². The second kappa shape index (κ2) is 5.82. The summed E-state index contributed by atoms with van der Waals surface area (Å²) in [5.41, 5.74) is 0.257. The van der Waals surface area contributed by atoms with Gasteiger partial charge in [0, 0.05) is 18.3 Å². The SMILES string of the molecule is [C-]#[N+]C1(c2ccccn2)CC(Nc2cc(Cl)ncc2[N+](=O)[O-])C1. The molecule has 0 radical (unpaired) electrons. The normalized spacial score (nSPS) is 22.7. The topological polar surface area (TPSA) is 85.3 Å². The minimum atomic E-state index is -0.662. The van der Waals surface area contributed by atoms with Crippen molar-refractivity contribution >= 4 is 23.0 Å². The van der Waals surface area contributed by atoms with Crippen molar-refractivity contribution < 1.29 is 4.92 Å². The Morgan fingerprint density at radius 3 is 2.83 bits per heavy atom. The number of nitrogens with zero attached hydrogens (tertiary/aromatic N) is 4. The number of hydrogen-bond acceptors (Lipinski definition) is 5. The van der Waals surface area contributed by atoms with E-state index in [2.05, 4.69) is 20.1 Å². The zero-order valence-electron chi connectivity index (χ0n) is 11.9. The van der Waals surface area contributed by atoms with Crippen molar-refractivity contribution in [3.63, 3.8) is 0 Å². The molecule has 0 bridgehead atoms. The quantitative estimate of drug-likeness (QED) is 0.402. The Kier molecular flexibility index (Phi) is 3.84. The van der Waals surface area contributed by atoms with Gasteiger partial charge in [-0.25, -0.2) is 11.6 Å². The molecule has 0 unspecified atom stereocenters. The van der Waals surface area contributed by atoms with Gasteiger partial charge in [0.15, 0.2) is 0 Å². The van der Waals surface area contributed by atoms with Crippen LogP contribution >= 0.6 is 11.6 Å². The number of halogens is 1. The first-order valence-corrected chi connectivity index (χ1v) is 7.28. The Labute approximate surface area is 137 Å². The van der Waals surface area contributed by atoms with E-state index in [-0.39, 0.29) is 16.9 Å². The van der Waals surface area contributed by atoms with Crippen molar-refractivity contribution in [2.24, 2.45) is 0 Å². The summed E-state index contributed by atoms with van der Waals surface area (Å²) in [4.78, 5) is 22.3.